The lowest BCUT2D eigenvalue weighted by Gasteiger charge is -2.14. The second-order valence-corrected chi connectivity index (χ2v) is 5.56. The molecular weight excluding hydrogens is 328 g/mol. The lowest BCUT2D eigenvalue weighted by Crippen LogP contribution is -2.28. The van der Waals surface area contributed by atoms with E-state index in [0.717, 1.165) is 0 Å². The van der Waals surface area contributed by atoms with E-state index < -0.39 is 17.7 Å². The van der Waals surface area contributed by atoms with Crippen LogP contribution in [-0.2, 0) is 4.74 Å². The third-order valence-corrected chi connectivity index (χ3v) is 3.83. The van der Waals surface area contributed by atoms with Gasteiger partial charge in [-0.05, 0) is 35.9 Å². The molecule has 1 atom stereocenters. The monoisotopic (exact) mass is 345 g/mol. The van der Waals surface area contributed by atoms with Gasteiger partial charge in [0.1, 0.15) is 17.7 Å². The van der Waals surface area contributed by atoms with Gasteiger partial charge >= 0.3 is 6.09 Å². The molecular formula is C18H17F2N3O2. The van der Waals surface area contributed by atoms with Crippen molar-refractivity contribution in [3.63, 3.8) is 0 Å². The normalized spacial score (nSPS) is 17.1. The Morgan fingerprint density at radius 3 is 2.84 bits per heavy atom. The molecule has 1 heterocycles. The van der Waals surface area contributed by atoms with Gasteiger partial charge in [0, 0.05) is 18.0 Å². The molecule has 2 aromatic carbocycles. The first-order chi connectivity index (χ1) is 12.1. The van der Waals surface area contributed by atoms with Crippen molar-refractivity contribution in [1.29, 1.82) is 0 Å². The summed E-state index contributed by atoms with van der Waals surface area (Å²) in [5.41, 5.74) is 6.31. The van der Waals surface area contributed by atoms with Gasteiger partial charge in [0.2, 0.25) is 0 Å². The van der Waals surface area contributed by atoms with Gasteiger partial charge in [-0.25, -0.2) is 13.6 Å². The highest BCUT2D eigenvalue weighted by molar-refractivity contribution is 5.90. The summed E-state index contributed by atoms with van der Waals surface area (Å²) in [6.07, 6.45) is 1.98. The molecule has 1 aliphatic heterocycles. The minimum Gasteiger partial charge on any atom is -0.442 e. The molecule has 5 nitrogen and oxygen atoms in total. The lowest BCUT2D eigenvalue weighted by atomic mass is 10.0. The highest BCUT2D eigenvalue weighted by Gasteiger charge is 2.32. The third-order valence-electron chi connectivity index (χ3n) is 3.83. The number of halogens is 2. The Hall–Kier alpha value is -3.09. The van der Waals surface area contributed by atoms with E-state index in [9.17, 15) is 13.6 Å². The van der Waals surface area contributed by atoms with Crippen LogP contribution in [0.25, 0.3) is 11.1 Å². The minimum atomic E-state index is -0.540. The standard InChI is InChI=1S/C18H17F2N3O2/c19-13-3-1-2-12(8-13)16-5-4-14(9-17(16)20)23-11-15(25-18(23)24)10-22-7-6-21/h1-9,15,22H,10-11,21H2/b7-6-. The number of nitrogens with one attached hydrogen (secondary N) is 1. The van der Waals surface area contributed by atoms with Crippen molar-refractivity contribution in [2.45, 2.75) is 6.10 Å². The van der Waals surface area contributed by atoms with Crippen LogP contribution in [0.1, 0.15) is 0 Å². The van der Waals surface area contributed by atoms with Crippen molar-refractivity contribution in [3.05, 3.63) is 66.5 Å². The first kappa shape index (κ1) is 16.8. The number of amides is 1. The van der Waals surface area contributed by atoms with Crippen molar-refractivity contribution in [3.8, 4) is 11.1 Å². The van der Waals surface area contributed by atoms with Gasteiger partial charge in [0.15, 0.2) is 0 Å². The molecule has 1 amide bonds. The summed E-state index contributed by atoms with van der Waals surface area (Å²) in [6, 6.07) is 10.1. The maximum Gasteiger partial charge on any atom is 0.414 e. The number of cyclic esters (lactones) is 1. The number of rotatable bonds is 5. The van der Waals surface area contributed by atoms with E-state index in [1.807, 2.05) is 0 Å². The van der Waals surface area contributed by atoms with Crippen LogP contribution in [0.15, 0.2) is 54.9 Å². The van der Waals surface area contributed by atoms with Crippen molar-refractivity contribution in [1.82, 2.24) is 5.32 Å². The van der Waals surface area contributed by atoms with Gasteiger partial charge in [0.05, 0.1) is 18.8 Å². The van der Waals surface area contributed by atoms with Gasteiger partial charge in [0.25, 0.3) is 0 Å². The van der Waals surface area contributed by atoms with Crippen molar-refractivity contribution < 1.29 is 18.3 Å². The molecule has 0 bridgehead atoms. The first-order valence-electron chi connectivity index (χ1n) is 7.72. The van der Waals surface area contributed by atoms with Crippen molar-refractivity contribution in [2.75, 3.05) is 18.0 Å². The van der Waals surface area contributed by atoms with Crippen molar-refractivity contribution in [2.24, 2.45) is 5.73 Å². The van der Waals surface area contributed by atoms with Gasteiger partial charge in [-0.2, -0.15) is 0 Å². The summed E-state index contributed by atoms with van der Waals surface area (Å²) >= 11 is 0. The molecule has 0 aliphatic carbocycles. The average molecular weight is 345 g/mol. The predicted molar refractivity (Wildman–Crippen MR) is 90.7 cm³/mol. The molecule has 25 heavy (non-hydrogen) atoms. The largest absolute Gasteiger partial charge is 0.442 e. The molecule has 1 fully saturated rings. The van der Waals surface area contributed by atoms with Gasteiger partial charge in [-0.3, -0.25) is 4.90 Å². The Bertz CT molecular complexity index is 811. The van der Waals surface area contributed by atoms with Crippen LogP contribution < -0.4 is 16.0 Å². The summed E-state index contributed by atoms with van der Waals surface area (Å²) in [6.45, 7) is 0.697. The second kappa shape index (κ2) is 7.21. The van der Waals surface area contributed by atoms with Crippen LogP contribution in [0.5, 0.6) is 0 Å². The summed E-state index contributed by atoms with van der Waals surface area (Å²) in [7, 11) is 0. The maximum atomic E-state index is 14.5. The molecule has 130 valence electrons. The van der Waals surface area contributed by atoms with E-state index in [2.05, 4.69) is 5.32 Å². The number of nitrogens with two attached hydrogens (primary N) is 1. The van der Waals surface area contributed by atoms with Crippen molar-refractivity contribution >= 4 is 11.8 Å². The molecule has 0 radical (unpaired) electrons. The Balaban J connectivity index is 1.78. The summed E-state index contributed by atoms with van der Waals surface area (Å²) < 4.78 is 33.0. The Kier molecular flexibility index (Phi) is 4.83. The Labute approximate surface area is 143 Å². The summed E-state index contributed by atoms with van der Waals surface area (Å²) in [4.78, 5) is 13.3. The highest BCUT2D eigenvalue weighted by Crippen LogP contribution is 2.29. The van der Waals surface area contributed by atoms with E-state index in [4.69, 9.17) is 10.5 Å². The predicted octanol–water partition coefficient (Wildman–Crippen LogP) is 2.98. The summed E-state index contributed by atoms with van der Waals surface area (Å²) in [5.74, 6) is -0.977. The quantitative estimate of drug-likeness (QED) is 0.874. The number of carbonyl (C=O) groups is 1. The molecule has 2 aromatic rings. The molecule has 7 heteroatoms. The zero-order valence-electron chi connectivity index (χ0n) is 13.3. The number of hydrogen-bond acceptors (Lipinski definition) is 4. The van der Waals surface area contributed by atoms with E-state index in [1.54, 1.807) is 18.3 Å². The number of hydrogen-bond donors (Lipinski definition) is 2. The lowest BCUT2D eigenvalue weighted by molar-refractivity contribution is 0.142. The average Bonchev–Trinajstić information content (AvgIpc) is 2.96. The fourth-order valence-corrected chi connectivity index (χ4v) is 2.67. The minimum absolute atomic E-state index is 0.266. The zero-order chi connectivity index (χ0) is 17.8. The second-order valence-electron chi connectivity index (χ2n) is 5.56. The molecule has 3 rings (SSSR count). The van der Waals surface area contributed by atoms with E-state index >= 15 is 0 Å². The van der Waals surface area contributed by atoms with Crippen LogP contribution in [-0.4, -0.2) is 25.3 Å². The van der Waals surface area contributed by atoms with Crippen LogP contribution in [0.4, 0.5) is 19.3 Å². The molecule has 0 saturated carbocycles. The van der Waals surface area contributed by atoms with Crippen LogP contribution >= 0.6 is 0 Å². The maximum absolute atomic E-state index is 14.5. The number of carbonyl (C=O) groups excluding carboxylic acids is 1. The molecule has 0 spiro atoms. The Morgan fingerprint density at radius 1 is 1.28 bits per heavy atom. The zero-order valence-corrected chi connectivity index (χ0v) is 13.3. The van der Waals surface area contributed by atoms with Crippen LogP contribution in [0, 0.1) is 11.6 Å². The molecule has 1 unspecified atom stereocenters. The topological polar surface area (TPSA) is 67.6 Å². The van der Waals surface area contributed by atoms with Gasteiger partial charge < -0.3 is 15.8 Å². The van der Waals surface area contributed by atoms with E-state index in [0.29, 0.717) is 24.3 Å². The number of benzene rings is 2. The van der Waals surface area contributed by atoms with Gasteiger partial charge in [-0.1, -0.05) is 12.1 Å². The highest BCUT2D eigenvalue weighted by atomic mass is 19.1. The molecule has 1 saturated heterocycles. The first-order valence-corrected chi connectivity index (χ1v) is 7.72. The van der Waals surface area contributed by atoms with Crippen LogP contribution in [0.2, 0.25) is 0 Å². The third kappa shape index (κ3) is 3.71. The molecule has 0 aromatic heterocycles. The number of nitrogens with zero attached hydrogens (tertiary/aromatic N) is 1. The summed E-state index contributed by atoms with van der Waals surface area (Å²) in [5, 5.41) is 2.90. The van der Waals surface area contributed by atoms with Crippen LogP contribution in [0.3, 0.4) is 0 Å². The fourth-order valence-electron chi connectivity index (χ4n) is 2.67. The SMILES string of the molecule is N/C=C\NCC1CN(c2ccc(-c3cccc(F)c3)c(F)c2)C(=O)O1. The van der Waals surface area contributed by atoms with E-state index in [-0.39, 0.29) is 11.7 Å². The molecule has 3 N–H and O–H groups in total. The smallest absolute Gasteiger partial charge is 0.414 e. The molecule has 1 aliphatic rings. The number of ether oxygens (including phenoxy) is 1. The van der Waals surface area contributed by atoms with Gasteiger partial charge in [-0.15, -0.1) is 0 Å². The van der Waals surface area contributed by atoms with E-state index in [1.165, 1.54) is 41.4 Å². The number of anilines is 1. The Morgan fingerprint density at radius 2 is 2.12 bits per heavy atom. The fraction of sp³-hybridized carbons (Fsp3) is 0.167.